The fourth-order valence-electron chi connectivity index (χ4n) is 5.15. The first-order valence-electron chi connectivity index (χ1n) is 14.5. The van der Waals surface area contributed by atoms with E-state index < -0.39 is 0 Å². The van der Waals surface area contributed by atoms with Crippen molar-refractivity contribution in [1.29, 1.82) is 0 Å². The van der Waals surface area contributed by atoms with Gasteiger partial charge in [-0.3, -0.25) is 9.59 Å². The van der Waals surface area contributed by atoms with E-state index in [2.05, 4.69) is 23.6 Å². The van der Waals surface area contributed by atoms with E-state index in [0.29, 0.717) is 31.2 Å². The molecule has 4 N–H and O–H groups in total. The standard InChI is InChI=1S/C29H56N4O2/c1-4-5-6-10-13-26-22-27(24-28(23-26)25(2)34)14-11-8-7-9-12-15-29(35)33(20-16-30)21-19-32-18-17-31-3/h22,26,28,31-32H,4-21,23-24,30H2,1-3H3. The molecule has 0 saturated heterocycles. The third kappa shape index (κ3) is 15.5. The molecule has 0 aromatic rings. The van der Waals surface area contributed by atoms with Crippen molar-refractivity contribution in [3.05, 3.63) is 11.6 Å². The Morgan fingerprint density at radius 1 is 1.00 bits per heavy atom. The van der Waals surface area contributed by atoms with Crippen LogP contribution in [0.15, 0.2) is 11.6 Å². The van der Waals surface area contributed by atoms with Gasteiger partial charge in [-0.1, -0.05) is 63.5 Å². The van der Waals surface area contributed by atoms with Gasteiger partial charge in [-0.2, -0.15) is 0 Å². The summed E-state index contributed by atoms with van der Waals surface area (Å²) in [4.78, 5) is 26.6. The fourth-order valence-corrected chi connectivity index (χ4v) is 5.15. The van der Waals surface area contributed by atoms with Crippen LogP contribution in [0, 0.1) is 11.8 Å². The predicted octanol–water partition coefficient (Wildman–Crippen LogP) is 4.83. The zero-order valence-corrected chi connectivity index (χ0v) is 23.2. The van der Waals surface area contributed by atoms with E-state index in [1.54, 1.807) is 6.92 Å². The summed E-state index contributed by atoms with van der Waals surface area (Å²) in [6, 6.07) is 0. The van der Waals surface area contributed by atoms with Crippen molar-refractivity contribution in [2.75, 3.05) is 46.3 Å². The molecule has 2 atom stereocenters. The number of hydrogen-bond donors (Lipinski definition) is 3. The minimum atomic E-state index is 0.235. The lowest BCUT2D eigenvalue weighted by Crippen LogP contribution is -2.40. The van der Waals surface area contributed by atoms with Crippen LogP contribution < -0.4 is 16.4 Å². The van der Waals surface area contributed by atoms with Crippen LogP contribution in [0.25, 0.3) is 0 Å². The van der Waals surface area contributed by atoms with Crippen LogP contribution in [0.2, 0.25) is 0 Å². The number of carbonyl (C=O) groups is 2. The number of likely N-dealkylation sites (N-methyl/N-ethyl adjacent to an activating group) is 1. The van der Waals surface area contributed by atoms with Gasteiger partial charge in [-0.05, 0) is 58.4 Å². The Bertz CT molecular complexity index is 593. The van der Waals surface area contributed by atoms with Crippen molar-refractivity contribution in [3.8, 4) is 0 Å². The summed E-state index contributed by atoms with van der Waals surface area (Å²) in [7, 11) is 1.94. The maximum atomic E-state index is 12.6. The number of unbranched alkanes of at least 4 members (excludes halogenated alkanes) is 7. The van der Waals surface area contributed by atoms with Crippen LogP contribution in [0.5, 0.6) is 0 Å². The van der Waals surface area contributed by atoms with Crippen LogP contribution in [0.1, 0.15) is 104 Å². The van der Waals surface area contributed by atoms with Crippen molar-refractivity contribution in [1.82, 2.24) is 15.5 Å². The third-order valence-corrected chi connectivity index (χ3v) is 7.32. The SMILES string of the molecule is CCCCCCC1C=C(CCCCCCCC(=O)N(CCN)CCNCCNC)CC(C(C)=O)C1. The number of carbonyl (C=O) groups excluding carboxylic acids is 2. The molecule has 0 spiro atoms. The molecule has 1 amide bonds. The summed E-state index contributed by atoms with van der Waals surface area (Å²) in [5.74, 6) is 1.45. The highest BCUT2D eigenvalue weighted by atomic mass is 16.2. The van der Waals surface area contributed by atoms with Crippen LogP contribution >= 0.6 is 0 Å². The Balaban J connectivity index is 2.25. The Morgan fingerprint density at radius 3 is 2.46 bits per heavy atom. The van der Waals surface area contributed by atoms with Gasteiger partial charge in [0.05, 0.1) is 0 Å². The highest BCUT2D eigenvalue weighted by molar-refractivity contribution is 5.78. The molecule has 0 bridgehead atoms. The van der Waals surface area contributed by atoms with Crippen LogP contribution in [0.4, 0.5) is 0 Å². The zero-order valence-electron chi connectivity index (χ0n) is 23.2. The monoisotopic (exact) mass is 492 g/mol. The van der Waals surface area contributed by atoms with Gasteiger partial charge in [0.15, 0.2) is 0 Å². The van der Waals surface area contributed by atoms with Crippen LogP contribution in [0.3, 0.4) is 0 Å². The maximum Gasteiger partial charge on any atom is 0.222 e. The average Bonchev–Trinajstić information content (AvgIpc) is 2.85. The van der Waals surface area contributed by atoms with E-state index in [1.165, 1.54) is 56.9 Å². The smallest absolute Gasteiger partial charge is 0.222 e. The molecule has 0 saturated carbocycles. The number of rotatable bonds is 22. The molecule has 6 heteroatoms. The fraction of sp³-hybridized carbons (Fsp3) is 0.862. The molecule has 1 aliphatic carbocycles. The summed E-state index contributed by atoms with van der Waals surface area (Å²) in [5, 5.41) is 6.46. The van der Waals surface area contributed by atoms with Crippen molar-refractivity contribution >= 4 is 11.7 Å². The molecular weight excluding hydrogens is 436 g/mol. The molecule has 204 valence electrons. The van der Waals surface area contributed by atoms with Gasteiger partial charge < -0.3 is 21.3 Å². The first-order valence-corrected chi connectivity index (χ1v) is 14.5. The predicted molar refractivity (Wildman–Crippen MR) is 148 cm³/mol. The van der Waals surface area contributed by atoms with Crippen LogP contribution in [-0.2, 0) is 9.59 Å². The maximum absolute atomic E-state index is 12.6. The minimum absolute atomic E-state index is 0.235. The summed E-state index contributed by atoms with van der Waals surface area (Å²) in [6.45, 7) is 8.57. The van der Waals surface area contributed by atoms with Crippen molar-refractivity contribution in [2.45, 2.75) is 104 Å². The highest BCUT2D eigenvalue weighted by Crippen LogP contribution is 2.34. The van der Waals surface area contributed by atoms with Gasteiger partial charge in [0.25, 0.3) is 0 Å². The Labute approximate surface area is 216 Å². The summed E-state index contributed by atoms with van der Waals surface area (Å²) >= 11 is 0. The molecule has 0 heterocycles. The zero-order chi connectivity index (χ0) is 25.7. The lowest BCUT2D eigenvalue weighted by atomic mass is 9.77. The van der Waals surface area contributed by atoms with E-state index in [0.717, 1.165) is 58.3 Å². The molecule has 0 fully saturated rings. The Hall–Kier alpha value is -1.24. The van der Waals surface area contributed by atoms with Crippen molar-refractivity contribution in [2.24, 2.45) is 17.6 Å². The molecule has 1 aliphatic rings. The quantitative estimate of drug-likeness (QED) is 0.149. The van der Waals surface area contributed by atoms with Gasteiger partial charge in [0, 0.05) is 51.6 Å². The number of ketones is 1. The van der Waals surface area contributed by atoms with E-state index in [9.17, 15) is 9.59 Å². The third-order valence-electron chi connectivity index (χ3n) is 7.32. The van der Waals surface area contributed by atoms with Crippen LogP contribution in [-0.4, -0.2) is 62.9 Å². The average molecular weight is 493 g/mol. The van der Waals surface area contributed by atoms with Gasteiger partial charge in [-0.25, -0.2) is 0 Å². The molecule has 0 aromatic carbocycles. The minimum Gasteiger partial charge on any atom is -0.340 e. The summed E-state index contributed by atoms with van der Waals surface area (Å²) in [5.41, 5.74) is 7.23. The van der Waals surface area contributed by atoms with Crippen molar-refractivity contribution in [3.63, 3.8) is 0 Å². The topological polar surface area (TPSA) is 87.5 Å². The van der Waals surface area contributed by atoms with E-state index >= 15 is 0 Å². The number of nitrogens with two attached hydrogens (primary N) is 1. The van der Waals surface area contributed by atoms with E-state index in [1.807, 2.05) is 11.9 Å². The largest absolute Gasteiger partial charge is 0.340 e. The second-order valence-electron chi connectivity index (χ2n) is 10.5. The van der Waals surface area contributed by atoms with E-state index in [4.69, 9.17) is 5.73 Å². The molecule has 1 rings (SSSR count). The number of allylic oxidation sites excluding steroid dienone is 2. The molecular formula is C29H56N4O2. The molecule has 6 nitrogen and oxygen atoms in total. The van der Waals surface area contributed by atoms with E-state index in [-0.39, 0.29) is 11.8 Å². The van der Waals surface area contributed by atoms with Gasteiger partial charge in [-0.15, -0.1) is 0 Å². The lowest BCUT2D eigenvalue weighted by Gasteiger charge is -2.27. The molecule has 0 aliphatic heterocycles. The number of hydrogen-bond acceptors (Lipinski definition) is 5. The molecule has 35 heavy (non-hydrogen) atoms. The molecule has 0 aromatic heterocycles. The number of nitrogens with zero attached hydrogens (tertiary/aromatic N) is 1. The number of Topliss-reactive ketones (excluding diaryl/α,β-unsaturated/α-hetero) is 1. The second-order valence-corrected chi connectivity index (χ2v) is 10.5. The molecule has 0 radical (unpaired) electrons. The summed E-state index contributed by atoms with van der Waals surface area (Å²) < 4.78 is 0. The second kappa shape index (κ2) is 20.9. The Kier molecular flexibility index (Phi) is 19.0. The lowest BCUT2D eigenvalue weighted by molar-refractivity contribution is -0.131. The first-order chi connectivity index (χ1) is 17.0. The molecule has 2 unspecified atom stereocenters. The normalized spacial score (nSPS) is 17.9. The first kappa shape index (κ1) is 31.8. The number of amides is 1. The summed E-state index contributed by atoms with van der Waals surface area (Å²) in [6.07, 6.45) is 18.4. The van der Waals surface area contributed by atoms with Gasteiger partial charge in [0.1, 0.15) is 5.78 Å². The number of nitrogens with one attached hydrogen (secondary N) is 2. The Morgan fingerprint density at radius 2 is 1.74 bits per heavy atom. The highest BCUT2D eigenvalue weighted by Gasteiger charge is 2.25. The van der Waals surface area contributed by atoms with Gasteiger partial charge >= 0.3 is 0 Å². The van der Waals surface area contributed by atoms with Gasteiger partial charge in [0.2, 0.25) is 5.91 Å². The van der Waals surface area contributed by atoms with Crippen molar-refractivity contribution < 1.29 is 9.59 Å².